The van der Waals surface area contributed by atoms with E-state index < -0.39 is 0 Å². The molecule has 0 unspecified atom stereocenters. The minimum absolute atomic E-state index is 0.204. The summed E-state index contributed by atoms with van der Waals surface area (Å²) in [6.07, 6.45) is 19.6. The second-order valence-electron chi connectivity index (χ2n) is 8.80. The summed E-state index contributed by atoms with van der Waals surface area (Å²) in [6.45, 7) is 0. The van der Waals surface area contributed by atoms with Gasteiger partial charge >= 0.3 is 5.97 Å². The Morgan fingerprint density at radius 2 is 1.58 bits per heavy atom. The Morgan fingerprint density at radius 1 is 0.939 bits per heavy atom. The SMILES string of the molecule is COC(=O)c1c(SC)cc(-c2ccc(-n3ccnc3)cc2)c2c1CCCCCCCCCC2. The minimum atomic E-state index is -0.204. The Labute approximate surface area is 201 Å². The van der Waals surface area contributed by atoms with Crippen LogP contribution in [-0.4, -0.2) is 28.9 Å². The van der Waals surface area contributed by atoms with Crippen molar-refractivity contribution in [2.24, 2.45) is 0 Å². The fourth-order valence-corrected chi connectivity index (χ4v) is 5.59. The van der Waals surface area contributed by atoms with E-state index in [1.165, 1.54) is 67.9 Å². The van der Waals surface area contributed by atoms with E-state index in [9.17, 15) is 4.79 Å². The maximum absolute atomic E-state index is 12.9. The first kappa shape index (κ1) is 23.6. The molecule has 4 rings (SSSR count). The maximum atomic E-state index is 12.9. The molecule has 0 atom stereocenters. The smallest absolute Gasteiger partial charge is 0.339 e. The monoisotopic (exact) mass is 462 g/mol. The van der Waals surface area contributed by atoms with Gasteiger partial charge in [0.2, 0.25) is 0 Å². The summed E-state index contributed by atoms with van der Waals surface area (Å²) in [4.78, 5) is 18.1. The summed E-state index contributed by atoms with van der Waals surface area (Å²) in [5.41, 5.74) is 6.89. The highest BCUT2D eigenvalue weighted by atomic mass is 32.2. The molecule has 0 spiro atoms. The summed E-state index contributed by atoms with van der Waals surface area (Å²) in [5, 5.41) is 0. The van der Waals surface area contributed by atoms with Crippen LogP contribution in [-0.2, 0) is 17.6 Å². The summed E-state index contributed by atoms with van der Waals surface area (Å²) in [5.74, 6) is -0.204. The molecule has 3 aromatic rings. The molecule has 5 heteroatoms. The summed E-state index contributed by atoms with van der Waals surface area (Å²) in [7, 11) is 1.50. The molecule has 1 aromatic heterocycles. The van der Waals surface area contributed by atoms with E-state index in [0.717, 1.165) is 41.8 Å². The van der Waals surface area contributed by atoms with Gasteiger partial charge in [0.05, 0.1) is 19.0 Å². The summed E-state index contributed by atoms with van der Waals surface area (Å²) in [6, 6.07) is 10.9. The van der Waals surface area contributed by atoms with Gasteiger partial charge in [-0.25, -0.2) is 9.78 Å². The number of thioether (sulfide) groups is 1. The number of methoxy groups -OCH3 is 1. The van der Waals surface area contributed by atoms with Gasteiger partial charge in [-0.2, -0.15) is 0 Å². The topological polar surface area (TPSA) is 44.1 Å². The Hall–Kier alpha value is -2.53. The highest BCUT2D eigenvalue weighted by Gasteiger charge is 2.23. The molecule has 0 saturated carbocycles. The van der Waals surface area contributed by atoms with Gasteiger partial charge in [-0.15, -0.1) is 11.8 Å². The first-order valence-corrected chi connectivity index (χ1v) is 13.3. The predicted molar refractivity (Wildman–Crippen MR) is 136 cm³/mol. The molecule has 4 nitrogen and oxygen atoms in total. The van der Waals surface area contributed by atoms with Gasteiger partial charge in [0.25, 0.3) is 0 Å². The molecule has 0 radical (unpaired) electrons. The number of hydrogen-bond acceptors (Lipinski definition) is 4. The molecule has 0 bridgehead atoms. The quantitative estimate of drug-likeness (QED) is 0.302. The first-order chi connectivity index (χ1) is 16.2. The van der Waals surface area contributed by atoms with Crippen LogP contribution in [0.2, 0.25) is 0 Å². The van der Waals surface area contributed by atoms with E-state index >= 15 is 0 Å². The second kappa shape index (κ2) is 11.6. The molecule has 0 amide bonds. The number of fused-ring (bicyclic) bond motifs is 1. The molecular formula is C28H34N2O2S. The lowest BCUT2D eigenvalue weighted by Crippen LogP contribution is -2.12. The molecule has 0 fully saturated rings. The number of rotatable bonds is 4. The summed E-state index contributed by atoms with van der Waals surface area (Å²) < 4.78 is 7.28. The van der Waals surface area contributed by atoms with E-state index in [4.69, 9.17) is 4.74 Å². The Bertz CT molecular complexity index is 1060. The van der Waals surface area contributed by atoms with E-state index in [1.54, 1.807) is 18.0 Å². The van der Waals surface area contributed by atoms with Crippen LogP contribution in [0.4, 0.5) is 0 Å². The third kappa shape index (κ3) is 5.52. The normalized spacial score (nSPS) is 15.2. The predicted octanol–water partition coefficient (Wildman–Crippen LogP) is 7.27. The first-order valence-electron chi connectivity index (χ1n) is 12.1. The molecule has 0 aliphatic heterocycles. The zero-order valence-corrected chi connectivity index (χ0v) is 20.6. The standard InChI is InChI=1S/C28H34N2O2S/c1-32-28(31)27-24-12-10-8-6-4-3-5-7-9-11-23(24)25(19-26(27)33-2)21-13-15-22(16-14-21)30-18-17-29-20-30/h13-20H,3-12H2,1-2H3. The molecule has 1 aliphatic rings. The van der Waals surface area contributed by atoms with Crippen molar-refractivity contribution in [3.05, 3.63) is 65.7 Å². The van der Waals surface area contributed by atoms with Gasteiger partial charge in [-0.1, -0.05) is 50.7 Å². The highest BCUT2D eigenvalue weighted by Crippen LogP contribution is 2.38. The fourth-order valence-electron chi connectivity index (χ4n) is 4.95. The molecule has 33 heavy (non-hydrogen) atoms. The molecule has 1 heterocycles. The van der Waals surface area contributed by atoms with Crippen molar-refractivity contribution >= 4 is 17.7 Å². The number of hydrogen-bond donors (Lipinski definition) is 0. The molecule has 2 aromatic carbocycles. The van der Waals surface area contributed by atoms with Crippen LogP contribution in [0.3, 0.4) is 0 Å². The van der Waals surface area contributed by atoms with Crippen molar-refractivity contribution in [2.75, 3.05) is 13.4 Å². The minimum Gasteiger partial charge on any atom is -0.465 e. The second-order valence-corrected chi connectivity index (χ2v) is 9.64. The number of ether oxygens (including phenoxy) is 1. The molecule has 174 valence electrons. The number of imidazole rings is 1. The van der Waals surface area contributed by atoms with Crippen molar-refractivity contribution in [2.45, 2.75) is 69.1 Å². The van der Waals surface area contributed by atoms with Gasteiger partial charge in [0.1, 0.15) is 0 Å². The average molecular weight is 463 g/mol. The van der Waals surface area contributed by atoms with Gasteiger partial charge in [-0.05, 0) is 72.4 Å². The zero-order chi connectivity index (χ0) is 23.0. The van der Waals surface area contributed by atoms with Crippen LogP contribution in [0.25, 0.3) is 16.8 Å². The number of carbonyl (C=O) groups excluding carboxylic acids is 1. The lowest BCUT2D eigenvalue weighted by molar-refractivity contribution is 0.0595. The molecule has 1 aliphatic carbocycles. The van der Waals surface area contributed by atoms with Crippen LogP contribution in [0.1, 0.15) is 72.9 Å². The van der Waals surface area contributed by atoms with Crippen molar-refractivity contribution < 1.29 is 9.53 Å². The highest BCUT2D eigenvalue weighted by molar-refractivity contribution is 7.98. The Kier molecular flexibility index (Phi) is 8.27. The fraction of sp³-hybridized carbons (Fsp3) is 0.429. The number of carbonyl (C=O) groups is 1. The van der Waals surface area contributed by atoms with Crippen molar-refractivity contribution in [1.29, 1.82) is 0 Å². The third-order valence-corrected chi connectivity index (χ3v) is 7.47. The number of esters is 1. The molecular weight excluding hydrogens is 428 g/mol. The zero-order valence-electron chi connectivity index (χ0n) is 19.8. The Morgan fingerprint density at radius 3 is 2.15 bits per heavy atom. The Balaban J connectivity index is 1.83. The number of nitrogens with zero attached hydrogens (tertiary/aromatic N) is 2. The van der Waals surface area contributed by atoms with E-state index in [2.05, 4.69) is 41.6 Å². The van der Waals surface area contributed by atoms with Crippen LogP contribution < -0.4 is 0 Å². The van der Waals surface area contributed by atoms with Crippen LogP contribution in [0, 0.1) is 0 Å². The van der Waals surface area contributed by atoms with Crippen molar-refractivity contribution in [3.8, 4) is 16.8 Å². The van der Waals surface area contributed by atoms with Crippen LogP contribution >= 0.6 is 11.8 Å². The van der Waals surface area contributed by atoms with E-state index in [1.807, 2.05) is 17.1 Å². The molecule has 0 N–H and O–H groups in total. The maximum Gasteiger partial charge on any atom is 0.339 e. The summed E-state index contributed by atoms with van der Waals surface area (Å²) >= 11 is 1.64. The van der Waals surface area contributed by atoms with Gasteiger partial charge in [-0.3, -0.25) is 0 Å². The third-order valence-electron chi connectivity index (χ3n) is 6.71. The number of aromatic nitrogens is 2. The molecule has 0 saturated heterocycles. The van der Waals surface area contributed by atoms with Crippen molar-refractivity contribution in [3.63, 3.8) is 0 Å². The van der Waals surface area contributed by atoms with Crippen LogP contribution in [0.15, 0.2) is 53.9 Å². The lowest BCUT2D eigenvalue weighted by Gasteiger charge is -2.22. The average Bonchev–Trinajstić information content (AvgIpc) is 3.38. The van der Waals surface area contributed by atoms with Crippen LogP contribution in [0.5, 0.6) is 0 Å². The van der Waals surface area contributed by atoms with E-state index in [-0.39, 0.29) is 5.97 Å². The van der Waals surface area contributed by atoms with Gasteiger partial charge < -0.3 is 9.30 Å². The van der Waals surface area contributed by atoms with Gasteiger partial charge in [0.15, 0.2) is 0 Å². The lowest BCUT2D eigenvalue weighted by atomic mass is 9.85. The number of benzene rings is 2. The van der Waals surface area contributed by atoms with Crippen molar-refractivity contribution in [1.82, 2.24) is 9.55 Å². The largest absolute Gasteiger partial charge is 0.465 e. The van der Waals surface area contributed by atoms with Gasteiger partial charge in [0, 0.05) is 23.0 Å². The van der Waals surface area contributed by atoms with E-state index in [0.29, 0.717) is 0 Å².